The molecule has 2 atom stereocenters. The minimum Gasteiger partial charge on any atom is -0.309 e. The predicted molar refractivity (Wildman–Crippen MR) is 74.9 cm³/mol. The van der Waals surface area contributed by atoms with Crippen molar-refractivity contribution in [2.75, 3.05) is 0 Å². The molecule has 1 saturated carbocycles. The van der Waals surface area contributed by atoms with Gasteiger partial charge in [-0.05, 0) is 39.0 Å². The van der Waals surface area contributed by atoms with Gasteiger partial charge in [-0.1, -0.05) is 0 Å². The average Bonchev–Trinajstić information content (AvgIpc) is 2.67. The summed E-state index contributed by atoms with van der Waals surface area (Å²) < 4.78 is -0.423. The summed E-state index contributed by atoms with van der Waals surface area (Å²) in [5.41, 5.74) is 3.04. The normalized spacial score (nSPS) is 23.6. The van der Waals surface area contributed by atoms with Crippen molar-refractivity contribution in [3.63, 3.8) is 0 Å². The summed E-state index contributed by atoms with van der Waals surface area (Å²) in [4.78, 5) is 5.57. The van der Waals surface area contributed by atoms with Gasteiger partial charge in [0.25, 0.3) is 0 Å². The van der Waals surface area contributed by atoms with Crippen LogP contribution in [0.2, 0.25) is 0 Å². The molecule has 0 aliphatic heterocycles. The summed E-state index contributed by atoms with van der Waals surface area (Å²) in [5, 5.41) is 3.52. The van der Waals surface area contributed by atoms with E-state index in [-0.39, 0.29) is 0 Å². The van der Waals surface area contributed by atoms with Crippen molar-refractivity contribution in [1.29, 1.82) is 0 Å². The van der Waals surface area contributed by atoms with Crippen LogP contribution >= 0.6 is 34.5 Å². The van der Waals surface area contributed by atoms with Crippen molar-refractivity contribution in [3.05, 3.63) is 16.1 Å². The van der Waals surface area contributed by atoms with E-state index in [0.29, 0.717) is 12.0 Å². The molecule has 96 valence electrons. The molecule has 0 aromatic carbocycles. The van der Waals surface area contributed by atoms with Crippen LogP contribution in [-0.4, -0.2) is 15.4 Å². The van der Waals surface area contributed by atoms with Crippen LogP contribution in [0.25, 0.3) is 0 Å². The Bertz CT molecular complexity index is 378. The van der Waals surface area contributed by atoms with E-state index in [0.717, 1.165) is 31.5 Å². The second-order valence-corrected chi connectivity index (χ2v) is 7.36. The molecule has 1 aliphatic rings. The fourth-order valence-electron chi connectivity index (χ4n) is 1.90. The highest BCUT2D eigenvalue weighted by Crippen LogP contribution is 2.55. The highest BCUT2D eigenvalue weighted by atomic mass is 35.5. The van der Waals surface area contributed by atoms with E-state index in [9.17, 15) is 0 Å². The Labute approximate surface area is 117 Å². The van der Waals surface area contributed by atoms with Crippen LogP contribution in [0.15, 0.2) is 5.51 Å². The number of nitrogens with zero attached hydrogens (tertiary/aromatic N) is 1. The summed E-state index contributed by atoms with van der Waals surface area (Å²) in [6.45, 7) is 5.18. The molecule has 1 aromatic heterocycles. The smallest absolute Gasteiger partial charge is 0.121 e. The van der Waals surface area contributed by atoms with E-state index in [2.05, 4.69) is 24.1 Å². The Morgan fingerprint density at radius 1 is 1.65 bits per heavy atom. The number of thiazole rings is 1. The molecule has 0 saturated heterocycles. The number of rotatable bonds is 6. The second kappa shape index (κ2) is 5.43. The van der Waals surface area contributed by atoms with E-state index in [1.54, 1.807) is 11.3 Å². The zero-order valence-electron chi connectivity index (χ0n) is 10.2. The molecule has 1 aliphatic carbocycles. The van der Waals surface area contributed by atoms with Crippen LogP contribution in [0.4, 0.5) is 0 Å². The average molecular weight is 293 g/mol. The first-order chi connectivity index (χ1) is 7.99. The summed E-state index contributed by atoms with van der Waals surface area (Å²) in [5.74, 6) is 0.500. The van der Waals surface area contributed by atoms with E-state index in [1.807, 2.05) is 5.51 Å². The lowest BCUT2D eigenvalue weighted by Crippen LogP contribution is -2.25. The Hall–Kier alpha value is 0.170. The van der Waals surface area contributed by atoms with Gasteiger partial charge in [-0.2, -0.15) is 0 Å². The fraction of sp³-hybridized carbons (Fsp3) is 0.750. The van der Waals surface area contributed by atoms with Crippen molar-refractivity contribution >= 4 is 34.5 Å². The lowest BCUT2D eigenvalue weighted by molar-refractivity contribution is 0.483. The van der Waals surface area contributed by atoms with Crippen molar-refractivity contribution in [2.45, 2.75) is 50.0 Å². The maximum absolute atomic E-state index is 6.01. The molecular formula is C12H18Cl2N2S. The maximum atomic E-state index is 6.01. The van der Waals surface area contributed by atoms with Crippen LogP contribution in [0.3, 0.4) is 0 Å². The zero-order valence-corrected chi connectivity index (χ0v) is 12.5. The molecule has 1 aromatic rings. The second-order valence-electron chi connectivity index (χ2n) is 4.88. The Morgan fingerprint density at radius 3 is 2.88 bits per heavy atom. The van der Waals surface area contributed by atoms with Gasteiger partial charge in [0.15, 0.2) is 0 Å². The third-order valence-corrected chi connectivity index (χ3v) is 5.22. The molecule has 2 unspecified atom stereocenters. The van der Waals surface area contributed by atoms with Gasteiger partial charge < -0.3 is 5.32 Å². The Balaban J connectivity index is 1.65. The topological polar surface area (TPSA) is 24.9 Å². The first-order valence-corrected chi connectivity index (χ1v) is 7.63. The van der Waals surface area contributed by atoms with Crippen molar-refractivity contribution in [3.8, 4) is 0 Å². The molecule has 1 fully saturated rings. The summed E-state index contributed by atoms with van der Waals surface area (Å²) >= 11 is 13.7. The van der Waals surface area contributed by atoms with Crippen molar-refractivity contribution in [2.24, 2.45) is 5.92 Å². The summed E-state index contributed by atoms with van der Waals surface area (Å²) in [6, 6.07) is 0.501. The molecule has 2 rings (SSSR count). The van der Waals surface area contributed by atoms with Crippen molar-refractivity contribution in [1.82, 2.24) is 10.3 Å². The zero-order chi connectivity index (χ0) is 12.5. The van der Waals surface area contributed by atoms with E-state index in [4.69, 9.17) is 23.2 Å². The molecule has 0 amide bonds. The number of hydrogen-bond acceptors (Lipinski definition) is 3. The third-order valence-electron chi connectivity index (χ3n) is 3.36. The largest absolute Gasteiger partial charge is 0.309 e. The quantitative estimate of drug-likeness (QED) is 0.805. The number of nitrogens with one attached hydrogen (secondary N) is 1. The molecule has 0 bridgehead atoms. The molecule has 0 radical (unpaired) electrons. The molecule has 2 nitrogen and oxygen atoms in total. The minimum atomic E-state index is -0.423. The van der Waals surface area contributed by atoms with Crippen LogP contribution < -0.4 is 5.32 Å². The van der Waals surface area contributed by atoms with Gasteiger partial charge in [-0.15, -0.1) is 34.5 Å². The van der Waals surface area contributed by atoms with Crippen LogP contribution in [0.5, 0.6) is 0 Å². The number of hydrogen-bond donors (Lipinski definition) is 1. The monoisotopic (exact) mass is 292 g/mol. The number of aromatic nitrogens is 1. The Kier molecular flexibility index (Phi) is 4.35. The van der Waals surface area contributed by atoms with Gasteiger partial charge in [-0.3, -0.25) is 0 Å². The molecule has 0 spiro atoms. The highest BCUT2D eigenvalue weighted by Gasteiger charge is 2.50. The van der Waals surface area contributed by atoms with E-state index in [1.165, 1.54) is 4.88 Å². The van der Waals surface area contributed by atoms with Crippen LogP contribution in [0, 0.1) is 12.8 Å². The highest BCUT2D eigenvalue weighted by molar-refractivity contribution is 7.09. The first-order valence-electron chi connectivity index (χ1n) is 5.99. The van der Waals surface area contributed by atoms with Gasteiger partial charge >= 0.3 is 0 Å². The first kappa shape index (κ1) is 13.6. The minimum absolute atomic E-state index is 0.423. The van der Waals surface area contributed by atoms with Gasteiger partial charge in [0, 0.05) is 17.5 Å². The van der Waals surface area contributed by atoms with Gasteiger partial charge in [0.05, 0.1) is 11.2 Å². The fourth-order valence-corrected chi connectivity index (χ4v) is 3.22. The van der Waals surface area contributed by atoms with Crippen LogP contribution in [0.1, 0.15) is 36.8 Å². The number of aryl methyl sites for hydroxylation is 1. The number of halogens is 2. The summed E-state index contributed by atoms with van der Waals surface area (Å²) in [7, 11) is 0. The standard InChI is InChI=1S/C12H18Cl2N2S/c1-8(3-4-10-5-12(10,13)14)15-6-11-9(2)16-7-17-11/h7-8,10,15H,3-6H2,1-2H3. The molecule has 5 heteroatoms. The molecule has 1 N–H and O–H groups in total. The lowest BCUT2D eigenvalue weighted by atomic mass is 10.1. The van der Waals surface area contributed by atoms with Gasteiger partial charge in [0.1, 0.15) is 4.33 Å². The SMILES string of the molecule is Cc1ncsc1CNC(C)CCC1CC1(Cl)Cl. The van der Waals surface area contributed by atoms with Crippen molar-refractivity contribution < 1.29 is 0 Å². The molecular weight excluding hydrogens is 275 g/mol. The van der Waals surface area contributed by atoms with Gasteiger partial charge in [-0.25, -0.2) is 4.98 Å². The van der Waals surface area contributed by atoms with E-state index >= 15 is 0 Å². The molecule has 17 heavy (non-hydrogen) atoms. The van der Waals surface area contributed by atoms with Crippen LogP contribution in [-0.2, 0) is 6.54 Å². The maximum Gasteiger partial charge on any atom is 0.121 e. The van der Waals surface area contributed by atoms with E-state index < -0.39 is 4.33 Å². The Morgan fingerprint density at radius 2 is 2.35 bits per heavy atom. The predicted octanol–water partition coefficient (Wildman–Crippen LogP) is 3.90. The third kappa shape index (κ3) is 3.82. The molecule has 1 heterocycles. The summed E-state index contributed by atoms with van der Waals surface area (Å²) in [6.07, 6.45) is 3.20. The number of alkyl halides is 2. The lowest BCUT2D eigenvalue weighted by Gasteiger charge is -2.13. The van der Waals surface area contributed by atoms with Gasteiger partial charge in [0.2, 0.25) is 0 Å².